The van der Waals surface area contributed by atoms with Crippen molar-refractivity contribution in [2.75, 3.05) is 7.11 Å². The Morgan fingerprint density at radius 2 is 1.84 bits per heavy atom. The van der Waals surface area contributed by atoms with Crippen molar-refractivity contribution in [3.05, 3.63) is 57.6 Å². The van der Waals surface area contributed by atoms with Crippen molar-refractivity contribution in [3.63, 3.8) is 0 Å². The standard InChI is InChI=1S/C28H31NO8/c1-12-7-14(8-19(29)24(12)31)37-21-11-28(35,13(2)30)10-18-16(21)9-17-23(27(18)34)25(32)15-5-4-6-20(36-3)22(15)26(17)33/h4-6,9,12,14,19,21,24,31,34-35H,7-8,10-11,29H2,1-3H3/p+1/t12-,14-,19?,21+,24?,28+/m1/s1. The fourth-order valence-electron chi connectivity index (χ4n) is 6.11. The molecule has 0 aromatic heterocycles. The first-order chi connectivity index (χ1) is 17.5. The number of carbonyl (C=O) groups excluding carboxylic acids is 3. The van der Waals surface area contributed by atoms with Crippen LogP contribution in [0.3, 0.4) is 0 Å². The molecule has 0 aliphatic heterocycles. The van der Waals surface area contributed by atoms with Gasteiger partial charge in [0.15, 0.2) is 17.3 Å². The molecule has 2 aromatic carbocycles. The monoisotopic (exact) mass is 510 g/mol. The number of aliphatic hydroxyl groups is 2. The summed E-state index contributed by atoms with van der Waals surface area (Å²) in [4.78, 5) is 39.6. The molecule has 196 valence electrons. The van der Waals surface area contributed by atoms with E-state index < -0.39 is 40.9 Å². The summed E-state index contributed by atoms with van der Waals surface area (Å²) in [6.07, 6.45) is -0.932. The third kappa shape index (κ3) is 3.97. The Morgan fingerprint density at radius 1 is 1.14 bits per heavy atom. The summed E-state index contributed by atoms with van der Waals surface area (Å²) in [6, 6.07) is 6.00. The van der Waals surface area contributed by atoms with Crippen LogP contribution >= 0.6 is 0 Å². The highest BCUT2D eigenvalue weighted by molar-refractivity contribution is 6.30. The highest BCUT2D eigenvalue weighted by Gasteiger charge is 2.47. The fraction of sp³-hybridized carbons (Fsp3) is 0.464. The Labute approximate surface area is 214 Å². The van der Waals surface area contributed by atoms with Gasteiger partial charge in [-0.15, -0.1) is 0 Å². The van der Waals surface area contributed by atoms with Crippen LogP contribution in [0.5, 0.6) is 11.5 Å². The zero-order valence-corrected chi connectivity index (χ0v) is 21.1. The van der Waals surface area contributed by atoms with E-state index in [1.165, 1.54) is 20.1 Å². The SMILES string of the molecule is COc1cccc2c1C(=O)c1cc3c(c(O)c1C2=O)C[C@@](O)(C(C)=O)C[C@@H]3O[C@H]1CC([NH3+])C(O)[C@H](C)C1. The number of phenolic OH excluding ortho intramolecular Hbond substituents is 1. The van der Waals surface area contributed by atoms with Crippen LogP contribution in [0.15, 0.2) is 24.3 Å². The van der Waals surface area contributed by atoms with Crippen LogP contribution in [-0.2, 0) is 16.0 Å². The number of hydrogen-bond donors (Lipinski definition) is 4. The largest absolute Gasteiger partial charge is 0.507 e. The van der Waals surface area contributed by atoms with E-state index in [0.29, 0.717) is 18.4 Å². The summed E-state index contributed by atoms with van der Waals surface area (Å²) in [5.41, 5.74) is 3.03. The number of phenols is 1. The summed E-state index contributed by atoms with van der Waals surface area (Å²) in [6.45, 7) is 3.19. The molecule has 6 N–H and O–H groups in total. The van der Waals surface area contributed by atoms with E-state index in [1.54, 1.807) is 18.2 Å². The smallest absolute Gasteiger partial charge is 0.198 e. The van der Waals surface area contributed by atoms with Gasteiger partial charge in [0.2, 0.25) is 0 Å². The number of quaternary nitrogens is 1. The number of aliphatic hydroxyl groups excluding tert-OH is 1. The number of methoxy groups -OCH3 is 1. The number of ketones is 3. The first-order valence-corrected chi connectivity index (χ1v) is 12.5. The quantitative estimate of drug-likeness (QED) is 0.409. The number of fused-ring (bicyclic) bond motifs is 3. The predicted molar refractivity (Wildman–Crippen MR) is 131 cm³/mol. The molecule has 9 heteroatoms. The molecule has 2 aromatic rings. The third-order valence-corrected chi connectivity index (χ3v) is 8.25. The van der Waals surface area contributed by atoms with Crippen molar-refractivity contribution >= 4 is 17.3 Å². The van der Waals surface area contributed by atoms with E-state index in [9.17, 15) is 29.7 Å². The van der Waals surface area contributed by atoms with Crippen LogP contribution < -0.4 is 10.5 Å². The van der Waals surface area contributed by atoms with Gasteiger partial charge in [-0.05, 0) is 37.0 Å². The zero-order valence-electron chi connectivity index (χ0n) is 21.1. The average Bonchev–Trinajstić information content (AvgIpc) is 2.85. The third-order valence-electron chi connectivity index (χ3n) is 8.25. The lowest BCUT2D eigenvalue weighted by Crippen LogP contribution is -2.70. The molecule has 3 aliphatic carbocycles. The van der Waals surface area contributed by atoms with E-state index in [4.69, 9.17) is 9.47 Å². The molecule has 5 rings (SSSR count). The molecular formula is C28H32NO8+. The highest BCUT2D eigenvalue weighted by atomic mass is 16.5. The summed E-state index contributed by atoms with van der Waals surface area (Å²) >= 11 is 0. The maximum atomic E-state index is 13.6. The number of Topliss-reactive ketones (excluding diaryl/α,β-unsaturated/α-hetero) is 1. The predicted octanol–water partition coefficient (Wildman–Crippen LogP) is 1.27. The first kappa shape index (κ1) is 25.5. The minimum atomic E-state index is -1.81. The summed E-state index contributed by atoms with van der Waals surface area (Å²) in [5.74, 6) is -1.70. The Morgan fingerprint density at radius 3 is 2.49 bits per heavy atom. The van der Waals surface area contributed by atoms with Gasteiger partial charge < -0.3 is 30.5 Å². The van der Waals surface area contributed by atoms with Crippen molar-refractivity contribution in [2.24, 2.45) is 5.92 Å². The van der Waals surface area contributed by atoms with Crippen molar-refractivity contribution in [2.45, 2.75) is 69.5 Å². The lowest BCUT2D eigenvalue weighted by atomic mass is 9.72. The maximum Gasteiger partial charge on any atom is 0.198 e. The van der Waals surface area contributed by atoms with Gasteiger partial charge in [-0.25, -0.2) is 0 Å². The molecule has 1 saturated carbocycles. The van der Waals surface area contributed by atoms with Gasteiger partial charge in [0.1, 0.15) is 29.2 Å². The van der Waals surface area contributed by atoms with Crippen molar-refractivity contribution in [1.82, 2.24) is 0 Å². The second-order valence-electron chi connectivity index (χ2n) is 10.7. The molecule has 1 fully saturated rings. The van der Waals surface area contributed by atoms with Gasteiger partial charge in [0, 0.05) is 36.0 Å². The van der Waals surface area contributed by atoms with Gasteiger partial charge in [-0.1, -0.05) is 19.1 Å². The summed E-state index contributed by atoms with van der Waals surface area (Å²) in [5, 5.41) is 32.9. The lowest BCUT2D eigenvalue weighted by molar-refractivity contribution is -0.451. The molecule has 9 nitrogen and oxygen atoms in total. The van der Waals surface area contributed by atoms with Gasteiger partial charge >= 0.3 is 0 Å². The van der Waals surface area contributed by atoms with E-state index in [0.717, 1.165) is 0 Å². The molecule has 6 atom stereocenters. The maximum absolute atomic E-state index is 13.6. The number of rotatable bonds is 4. The molecule has 2 unspecified atom stereocenters. The average molecular weight is 511 g/mol. The molecule has 3 aliphatic rings. The molecule has 0 bridgehead atoms. The van der Waals surface area contributed by atoms with Gasteiger partial charge in [-0.2, -0.15) is 0 Å². The van der Waals surface area contributed by atoms with E-state index >= 15 is 0 Å². The Balaban J connectivity index is 1.63. The Hall–Kier alpha value is -3.11. The number of benzene rings is 2. The van der Waals surface area contributed by atoms with Crippen molar-refractivity contribution in [1.29, 1.82) is 0 Å². The fourth-order valence-corrected chi connectivity index (χ4v) is 6.11. The van der Waals surface area contributed by atoms with E-state index in [1.807, 2.05) is 6.92 Å². The summed E-state index contributed by atoms with van der Waals surface area (Å²) in [7, 11) is 1.41. The Kier molecular flexibility index (Phi) is 6.23. The number of hydrogen-bond acceptors (Lipinski definition) is 8. The van der Waals surface area contributed by atoms with Gasteiger partial charge in [0.25, 0.3) is 0 Å². The van der Waals surface area contributed by atoms with E-state index in [-0.39, 0.29) is 64.5 Å². The lowest BCUT2D eigenvalue weighted by Gasteiger charge is -2.41. The molecular weight excluding hydrogens is 478 g/mol. The minimum Gasteiger partial charge on any atom is -0.507 e. The normalized spacial score (nSPS) is 30.8. The van der Waals surface area contributed by atoms with Crippen molar-refractivity contribution < 1.29 is 44.9 Å². The van der Waals surface area contributed by atoms with Crippen molar-refractivity contribution in [3.8, 4) is 11.5 Å². The number of aromatic hydroxyl groups is 1. The summed E-state index contributed by atoms with van der Waals surface area (Å²) < 4.78 is 11.8. The van der Waals surface area contributed by atoms with Gasteiger partial charge in [0.05, 0.1) is 30.4 Å². The second kappa shape index (κ2) is 9.02. The Bertz CT molecular complexity index is 1310. The molecule has 37 heavy (non-hydrogen) atoms. The molecule has 0 heterocycles. The minimum absolute atomic E-state index is 0.0302. The second-order valence-corrected chi connectivity index (χ2v) is 10.7. The topological polar surface area (TPSA) is 158 Å². The van der Waals surface area contributed by atoms with Gasteiger partial charge in [-0.3, -0.25) is 14.4 Å². The molecule has 0 radical (unpaired) electrons. The zero-order chi connectivity index (χ0) is 26.8. The molecule has 0 spiro atoms. The van der Waals surface area contributed by atoms with Crippen LogP contribution in [-0.4, -0.2) is 63.6 Å². The molecule has 0 amide bonds. The number of carbonyl (C=O) groups is 3. The van der Waals surface area contributed by atoms with Crippen LogP contribution in [0, 0.1) is 5.92 Å². The van der Waals surface area contributed by atoms with Crippen LogP contribution in [0.1, 0.15) is 82.2 Å². The van der Waals surface area contributed by atoms with E-state index in [2.05, 4.69) is 5.73 Å². The van der Waals surface area contributed by atoms with Crippen LogP contribution in [0.4, 0.5) is 0 Å². The first-order valence-electron chi connectivity index (χ1n) is 12.5. The number of ether oxygens (including phenoxy) is 2. The highest BCUT2D eigenvalue weighted by Crippen LogP contribution is 2.48. The van der Waals surface area contributed by atoms with Crippen LogP contribution in [0.2, 0.25) is 0 Å². The van der Waals surface area contributed by atoms with Crippen LogP contribution in [0.25, 0.3) is 0 Å². The molecule has 0 saturated heterocycles.